The van der Waals surface area contributed by atoms with E-state index in [1.807, 2.05) is 0 Å². The molecule has 0 spiro atoms. The lowest BCUT2D eigenvalue weighted by molar-refractivity contribution is 0.171. The first kappa shape index (κ1) is 9.97. The Kier molecular flexibility index (Phi) is 2.28. The fourth-order valence-corrected chi connectivity index (χ4v) is 2.56. The van der Waals surface area contributed by atoms with E-state index in [9.17, 15) is 0 Å². The quantitative estimate of drug-likeness (QED) is 0.785. The van der Waals surface area contributed by atoms with Crippen LogP contribution in [0.15, 0.2) is 12.1 Å². The van der Waals surface area contributed by atoms with Gasteiger partial charge >= 0.3 is 0 Å². The molecule has 2 N–H and O–H groups in total. The van der Waals surface area contributed by atoms with Crippen LogP contribution in [-0.4, -0.2) is 19.3 Å². The monoisotopic (exact) mass is 219 g/mol. The van der Waals surface area contributed by atoms with Crippen molar-refractivity contribution in [3.63, 3.8) is 0 Å². The van der Waals surface area contributed by atoms with Gasteiger partial charge in [-0.3, -0.25) is 0 Å². The van der Waals surface area contributed by atoms with Gasteiger partial charge in [0.05, 0.1) is 0 Å². The third kappa shape index (κ3) is 1.55. The maximum absolute atomic E-state index is 5.84. The Hall–Kier alpha value is -1.22. The van der Waals surface area contributed by atoms with Crippen LogP contribution in [0.5, 0.6) is 11.5 Å². The molecule has 86 valence electrons. The van der Waals surface area contributed by atoms with E-state index in [0.29, 0.717) is 25.2 Å². The number of ether oxygens (including phenoxy) is 2. The number of benzene rings is 1. The SMILES string of the molecule is Cc1cc2c(cc1C1CC(N)C1)OCCO2. The average molecular weight is 219 g/mol. The molecule has 0 amide bonds. The first-order valence-electron chi connectivity index (χ1n) is 5.90. The van der Waals surface area contributed by atoms with E-state index in [1.165, 1.54) is 11.1 Å². The number of hydrogen-bond donors (Lipinski definition) is 1. The van der Waals surface area contributed by atoms with E-state index in [-0.39, 0.29) is 0 Å². The molecule has 2 aliphatic rings. The number of fused-ring (bicyclic) bond motifs is 1. The Labute approximate surface area is 95.5 Å². The lowest BCUT2D eigenvalue weighted by Crippen LogP contribution is -2.35. The molecule has 3 heteroatoms. The lowest BCUT2D eigenvalue weighted by atomic mass is 9.75. The molecule has 0 atom stereocenters. The van der Waals surface area contributed by atoms with Crippen molar-refractivity contribution in [3.8, 4) is 11.5 Å². The van der Waals surface area contributed by atoms with Crippen LogP contribution < -0.4 is 15.2 Å². The summed E-state index contributed by atoms with van der Waals surface area (Å²) < 4.78 is 11.2. The van der Waals surface area contributed by atoms with Crippen LogP contribution in [0.4, 0.5) is 0 Å². The zero-order chi connectivity index (χ0) is 11.1. The molecule has 0 radical (unpaired) electrons. The summed E-state index contributed by atoms with van der Waals surface area (Å²) in [6, 6.07) is 4.62. The van der Waals surface area contributed by atoms with Crippen LogP contribution in [0.1, 0.15) is 29.9 Å². The van der Waals surface area contributed by atoms with E-state index in [1.54, 1.807) is 0 Å². The fraction of sp³-hybridized carbons (Fsp3) is 0.538. The highest BCUT2D eigenvalue weighted by molar-refractivity contribution is 5.49. The summed E-state index contributed by atoms with van der Waals surface area (Å²) in [6.45, 7) is 3.44. The number of rotatable bonds is 1. The Morgan fingerprint density at radius 2 is 1.75 bits per heavy atom. The third-order valence-corrected chi connectivity index (χ3v) is 3.55. The number of hydrogen-bond acceptors (Lipinski definition) is 3. The van der Waals surface area contributed by atoms with Gasteiger partial charge in [-0.1, -0.05) is 0 Å². The molecule has 1 aliphatic carbocycles. The highest BCUT2D eigenvalue weighted by Crippen LogP contribution is 2.42. The minimum absolute atomic E-state index is 0.387. The standard InChI is InChI=1S/C13H17NO2/c1-8-4-12-13(16-3-2-15-12)7-11(8)9-5-10(14)6-9/h4,7,9-10H,2-3,5-6,14H2,1H3. The first-order chi connectivity index (χ1) is 7.74. The Morgan fingerprint density at radius 3 is 2.38 bits per heavy atom. The van der Waals surface area contributed by atoms with Crippen molar-refractivity contribution >= 4 is 0 Å². The van der Waals surface area contributed by atoms with Crippen LogP contribution in [0.2, 0.25) is 0 Å². The predicted molar refractivity (Wildman–Crippen MR) is 62.1 cm³/mol. The molecule has 0 aromatic heterocycles. The smallest absolute Gasteiger partial charge is 0.161 e. The minimum Gasteiger partial charge on any atom is -0.486 e. The van der Waals surface area contributed by atoms with Gasteiger partial charge in [-0.2, -0.15) is 0 Å². The van der Waals surface area contributed by atoms with Crippen LogP contribution in [0.3, 0.4) is 0 Å². The summed E-state index contributed by atoms with van der Waals surface area (Å²) in [5, 5.41) is 0. The molecule has 16 heavy (non-hydrogen) atoms. The van der Waals surface area contributed by atoms with Gasteiger partial charge in [0.1, 0.15) is 13.2 Å². The second-order valence-electron chi connectivity index (χ2n) is 4.78. The Balaban J connectivity index is 1.93. The zero-order valence-corrected chi connectivity index (χ0v) is 9.53. The first-order valence-corrected chi connectivity index (χ1v) is 5.90. The minimum atomic E-state index is 0.387. The van der Waals surface area contributed by atoms with Crippen molar-refractivity contribution < 1.29 is 9.47 Å². The average Bonchev–Trinajstić information content (AvgIpc) is 2.24. The summed E-state index contributed by atoms with van der Waals surface area (Å²) in [4.78, 5) is 0. The van der Waals surface area contributed by atoms with Crippen LogP contribution in [0.25, 0.3) is 0 Å². The normalized spacial score (nSPS) is 27.4. The van der Waals surface area contributed by atoms with Crippen LogP contribution in [-0.2, 0) is 0 Å². The molecule has 1 aromatic carbocycles. The van der Waals surface area contributed by atoms with Crippen LogP contribution >= 0.6 is 0 Å². The maximum Gasteiger partial charge on any atom is 0.161 e. The van der Waals surface area contributed by atoms with Crippen LogP contribution in [0, 0.1) is 6.92 Å². The second kappa shape index (κ2) is 3.67. The van der Waals surface area contributed by atoms with E-state index in [2.05, 4.69) is 19.1 Å². The lowest BCUT2D eigenvalue weighted by Gasteiger charge is -2.34. The summed E-state index contributed by atoms with van der Waals surface area (Å²) in [6.07, 6.45) is 2.20. The van der Waals surface area contributed by atoms with Gasteiger partial charge in [0, 0.05) is 6.04 Å². The zero-order valence-electron chi connectivity index (χ0n) is 9.53. The largest absolute Gasteiger partial charge is 0.486 e. The van der Waals surface area contributed by atoms with Gasteiger partial charge in [0.15, 0.2) is 11.5 Å². The summed E-state index contributed by atoms with van der Waals surface area (Å²) >= 11 is 0. The van der Waals surface area contributed by atoms with E-state index >= 15 is 0 Å². The molecule has 0 saturated heterocycles. The fourth-order valence-electron chi connectivity index (χ4n) is 2.56. The van der Waals surface area contributed by atoms with Gasteiger partial charge in [0.2, 0.25) is 0 Å². The number of nitrogens with two attached hydrogens (primary N) is 1. The molecule has 0 bridgehead atoms. The molecule has 1 heterocycles. The molecule has 1 saturated carbocycles. The second-order valence-corrected chi connectivity index (χ2v) is 4.78. The molecule has 3 rings (SSSR count). The van der Waals surface area contributed by atoms with Crippen molar-refractivity contribution in [3.05, 3.63) is 23.3 Å². The van der Waals surface area contributed by atoms with Crippen molar-refractivity contribution in [1.29, 1.82) is 0 Å². The predicted octanol–water partition coefficient (Wildman–Crippen LogP) is 1.97. The molecule has 3 nitrogen and oxygen atoms in total. The molecule has 1 aromatic rings. The molecule has 0 unspecified atom stereocenters. The van der Waals surface area contributed by atoms with Gasteiger partial charge in [-0.15, -0.1) is 0 Å². The summed E-state index contributed by atoms with van der Waals surface area (Å²) in [7, 11) is 0. The van der Waals surface area contributed by atoms with Gasteiger partial charge in [-0.25, -0.2) is 0 Å². The molecule has 1 aliphatic heterocycles. The van der Waals surface area contributed by atoms with Gasteiger partial charge in [0.25, 0.3) is 0 Å². The maximum atomic E-state index is 5.84. The summed E-state index contributed by atoms with van der Waals surface area (Å²) in [5.41, 5.74) is 8.51. The number of aryl methyl sites for hydroxylation is 1. The van der Waals surface area contributed by atoms with Gasteiger partial charge in [-0.05, 0) is 48.9 Å². The van der Waals surface area contributed by atoms with Crippen molar-refractivity contribution in [2.45, 2.75) is 31.7 Å². The van der Waals surface area contributed by atoms with E-state index in [4.69, 9.17) is 15.2 Å². The van der Waals surface area contributed by atoms with Gasteiger partial charge < -0.3 is 15.2 Å². The summed E-state index contributed by atoms with van der Waals surface area (Å²) in [5.74, 6) is 2.40. The van der Waals surface area contributed by atoms with E-state index < -0.39 is 0 Å². The van der Waals surface area contributed by atoms with Crippen molar-refractivity contribution in [2.75, 3.05) is 13.2 Å². The third-order valence-electron chi connectivity index (χ3n) is 3.55. The van der Waals surface area contributed by atoms with E-state index in [0.717, 1.165) is 24.3 Å². The Morgan fingerprint density at radius 1 is 1.12 bits per heavy atom. The van der Waals surface area contributed by atoms with Crippen molar-refractivity contribution in [2.24, 2.45) is 5.73 Å². The molecular weight excluding hydrogens is 202 g/mol. The highest BCUT2D eigenvalue weighted by atomic mass is 16.6. The molecular formula is C13H17NO2. The highest BCUT2D eigenvalue weighted by Gasteiger charge is 2.29. The topological polar surface area (TPSA) is 44.5 Å². The Bertz CT molecular complexity index is 411. The molecule has 1 fully saturated rings. The van der Waals surface area contributed by atoms with Crippen molar-refractivity contribution in [1.82, 2.24) is 0 Å².